The average molecular weight is 291 g/mol. The maximum Gasteiger partial charge on any atom is 0.246 e. The van der Waals surface area contributed by atoms with Gasteiger partial charge in [-0.25, -0.2) is 0 Å². The highest BCUT2D eigenvalue weighted by Crippen LogP contribution is 2.14. The third-order valence-electron chi connectivity index (χ3n) is 3.42. The van der Waals surface area contributed by atoms with Crippen molar-refractivity contribution in [1.29, 1.82) is 0 Å². The summed E-state index contributed by atoms with van der Waals surface area (Å²) in [5.41, 5.74) is 0.935. The molecular weight excluding hydrogens is 270 g/mol. The van der Waals surface area contributed by atoms with Gasteiger partial charge in [-0.15, -0.1) is 0 Å². The molecule has 0 bridgehead atoms. The molecule has 1 aliphatic rings. The predicted molar refractivity (Wildman–Crippen MR) is 79.8 cm³/mol. The molecule has 0 atom stereocenters. The number of rotatable bonds is 5. The second kappa shape index (κ2) is 7.81. The number of amides is 1. The number of aliphatic hydroxyl groups excluding tert-OH is 1. The first kappa shape index (κ1) is 15.5. The van der Waals surface area contributed by atoms with Gasteiger partial charge in [0.2, 0.25) is 5.91 Å². The summed E-state index contributed by atoms with van der Waals surface area (Å²) < 4.78 is 10.1. The standard InChI is InChI=1S/C16H21NO4/c1-20-12-21-15-5-2-13(3-6-15)4-7-16(19)17-10-8-14(18)9-11-17/h2-7,14,18H,8-12H2,1H3/b7-4+. The smallest absolute Gasteiger partial charge is 0.246 e. The molecule has 1 aliphatic heterocycles. The van der Waals surface area contributed by atoms with Crippen LogP contribution in [0.2, 0.25) is 0 Å². The summed E-state index contributed by atoms with van der Waals surface area (Å²) in [6.07, 6.45) is 4.41. The van der Waals surface area contributed by atoms with Crippen LogP contribution < -0.4 is 4.74 Å². The van der Waals surface area contributed by atoms with Crippen molar-refractivity contribution in [2.24, 2.45) is 0 Å². The number of aliphatic hydroxyl groups is 1. The molecule has 0 radical (unpaired) electrons. The molecule has 5 heteroatoms. The van der Waals surface area contributed by atoms with Gasteiger partial charge in [0.15, 0.2) is 6.79 Å². The van der Waals surface area contributed by atoms with Gasteiger partial charge in [0.25, 0.3) is 0 Å². The number of hydrogen-bond donors (Lipinski definition) is 1. The van der Waals surface area contributed by atoms with Gasteiger partial charge in [0, 0.05) is 26.3 Å². The van der Waals surface area contributed by atoms with Gasteiger partial charge in [-0.1, -0.05) is 12.1 Å². The Bertz CT molecular complexity index is 476. The van der Waals surface area contributed by atoms with Crippen molar-refractivity contribution in [3.63, 3.8) is 0 Å². The van der Waals surface area contributed by atoms with E-state index in [1.54, 1.807) is 24.2 Å². The molecule has 1 amide bonds. The molecule has 0 spiro atoms. The average Bonchev–Trinajstić information content (AvgIpc) is 2.52. The molecule has 21 heavy (non-hydrogen) atoms. The summed E-state index contributed by atoms with van der Waals surface area (Å²) >= 11 is 0. The minimum absolute atomic E-state index is 0.0124. The monoisotopic (exact) mass is 291 g/mol. The number of likely N-dealkylation sites (tertiary alicyclic amines) is 1. The van der Waals surface area contributed by atoms with Crippen LogP contribution in [0.5, 0.6) is 5.75 Å². The molecule has 0 saturated carbocycles. The Labute approximate surface area is 124 Å². The quantitative estimate of drug-likeness (QED) is 0.662. The molecule has 0 aliphatic carbocycles. The van der Waals surface area contributed by atoms with Crippen LogP contribution in [-0.4, -0.2) is 49.0 Å². The number of ether oxygens (including phenoxy) is 2. The summed E-state index contributed by atoms with van der Waals surface area (Å²) in [4.78, 5) is 13.8. The van der Waals surface area contributed by atoms with Crippen LogP contribution in [0, 0.1) is 0 Å². The van der Waals surface area contributed by atoms with Crippen LogP contribution >= 0.6 is 0 Å². The first-order valence-electron chi connectivity index (χ1n) is 7.06. The topological polar surface area (TPSA) is 59.0 Å². The molecule has 1 N–H and O–H groups in total. The zero-order valence-corrected chi connectivity index (χ0v) is 12.2. The van der Waals surface area contributed by atoms with Crippen molar-refractivity contribution in [3.05, 3.63) is 35.9 Å². The van der Waals surface area contributed by atoms with Crippen molar-refractivity contribution in [2.45, 2.75) is 18.9 Å². The van der Waals surface area contributed by atoms with E-state index in [1.807, 2.05) is 24.3 Å². The fourth-order valence-electron chi connectivity index (χ4n) is 2.16. The molecule has 0 aromatic heterocycles. The fourth-order valence-corrected chi connectivity index (χ4v) is 2.16. The van der Waals surface area contributed by atoms with E-state index in [9.17, 15) is 9.90 Å². The summed E-state index contributed by atoms with van der Waals surface area (Å²) in [6.45, 7) is 1.46. The normalized spacial score (nSPS) is 16.4. The second-order valence-corrected chi connectivity index (χ2v) is 5.01. The van der Waals surface area contributed by atoms with Crippen molar-refractivity contribution in [3.8, 4) is 5.75 Å². The number of piperidine rings is 1. The lowest BCUT2D eigenvalue weighted by atomic mass is 10.1. The van der Waals surface area contributed by atoms with Crippen LogP contribution in [0.3, 0.4) is 0 Å². The Morgan fingerprint density at radius 3 is 2.62 bits per heavy atom. The lowest BCUT2D eigenvalue weighted by Crippen LogP contribution is -2.39. The zero-order valence-electron chi connectivity index (χ0n) is 12.2. The molecule has 1 aromatic rings. The Morgan fingerprint density at radius 1 is 1.33 bits per heavy atom. The summed E-state index contributed by atoms with van der Waals surface area (Å²) in [6, 6.07) is 7.43. The number of hydrogen-bond acceptors (Lipinski definition) is 4. The lowest BCUT2D eigenvalue weighted by Gasteiger charge is -2.28. The Balaban J connectivity index is 1.86. The highest BCUT2D eigenvalue weighted by Gasteiger charge is 2.19. The van der Waals surface area contributed by atoms with Crippen LogP contribution in [0.25, 0.3) is 6.08 Å². The second-order valence-electron chi connectivity index (χ2n) is 5.01. The fraction of sp³-hybridized carbons (Fsp3) is 0.438. The summed E-state index contributed by atoms with van der Waals surface area (Å²) in [5, 5.41) is 9.43. The third-order valence-corrected chi connectivity index (χ3v) is 3.42. The maximum atomic E-state index is 12.0. The van der Waals surface area contributed by atoms with E-state index in [-0.39, 0.29) is 18.8 Å². The number of nitrogens with zero attached hydrogens (tertiary/aromatic N) is 1. The lowest BCUT2D eigenvalue weighted by molar-refractivity contribution is -0.127. The molecule has 114 valence electrons. The van der Waals surface area contributed by atoms with Gasteiger partial charge < -0.3 is 19.5 Å². The molecule has 1 fully saturated rings. The molecular formula is C16H21NO4. The Hall–Kier alpha value is -1.85. The maximum absolute atomic E-state index is 12.0. The first-order valence-corrected chi connectivity index (χ1v) is 7.06. The van der Waals surface area contributed by atoms with E-state index >= 15 is 0 Å². The molecule has 0 unspecified atom stereocenters. The molecule has 2 rings (SSSR count). The minimum Gasteiger partial charge on any atom is -0.468 e. The van der Waals surface area contributed by atoms with Gasteiger partial charge in [-0.05, 0) is 36.6 Å². The SMILES string of the molecule is COCOc1ccc(/C=C/C(=O)N2CCC(O)CC2)cc1. The van der Waals surface area contributed by atoms with Crippen molar-refractivity contribution < 1.29 is 19.4 Å². The van der Waals surface area contributed by atoms with E-state index < -0.39 is 0 Å². The third kappa shape index (κ3) is 4.88. The molecule has 5 nitrogen and oxygen atoms in total. The molecule has 1 heterocycles. The number of benzene rings is 1. The zero-order chi connectivity index (χ0) is 15.1. The van der Waals surface area contributed by atoms with E-state index in [4.69, 9.17) is 9.47 Å². The van der Waals surface area contributed by atoms with Crippen molar-refractivity contribution in [2.75, 3.05) is 27.0 Å². The minimum atomic E-state index is -0.266. The predicted octanol–water partition coefficient (Wildman–Crippen LogP) is 1.67. The summed E-state index contributed by atoms with van der Waals surface area (Å²) in [5.74, 6) is 0.715. The van der Waals surface area contributed by atoms with Gasteiger partial charge in [-0.3, -0.25) is 4.79 Å². The van der Waals surface area contributed by atoms with Crippen LogP contribution in [0.15, 0.2) is 30.3 Å². The van der Waals surface area contributed by atoms with Gasteiger partial charge in [0.05, 0.1) is 6.10 Å². The highest BCUT2D eigenvalue weighted by atomic mass is 16.7. The van der Waals surface area contributed by atoms with Gasteiger partial charge in [0.1, 0.15) is 5.75 Å². The summed E-state index contributed by atoms with van der Waals surface area (Å²) in [7, 11) is 1.57. The molecule has 1 aromatic carbocycles. The Kier molecular flexibility index (Phi) is 5.78. The number of carbonyl (C=O) groups is 1. The number of carbonyl (C=O) groups excluding carboxylic acids is 1. The van der Waals surface area contributed by atoms with Crippen molar-refractivity contribution >= 4 is 12.0 Å². The largest absolute Gasteiger partial charge is 0.468 e. The van der Waals surface area contributed by atoms with Crippen molar-refractivity contribution in [1.82, 2.24) is 4.90 Å². The van der Waals surface area contributed by atoms with E-state index in [1.165, 1.54) is 0 Å². The Morgan fingerprint density at radius 2 is 2.00 bits per heavy atom. The van der Waals surface area contributed by atoms with Gasteiger partial charge >= 0.3 is 0 Å². The molecule has 1 saturated heterocycles. The van der Waals surface area contributed by atoms with E-state index in [0.29, 0.717) is 25.9 Å². The van der Waals surface area contributed by atoms with E-state index in [0.717, 1.165) is 11.3 Å². The van der Waals surface area contributed by atoms with E-state index in [2.05, 4.69) is 0 Å². The first-order chi connectivity index (χ1) is 10.2. The van der Waals surface area contributed by atoms with Crippen LogP contribution in [-0.2, 0) is 9.53 Å². The van der Waals surface area contributed by atoms with Crippen LogP contribution in [0.1, 0.15) is 18.4 Å². The van der Waals surface area contributed by atoms with Crippen LogP contribution in [0.4, 0.5) is 0 Å². The van der Waals surface area contributed by atoms with Gasteiger partial charge in [-0.2, -0.15) is 0 Å². The number of methoxy groups -OCH3 is 1. The highest BCUT2D eigenvalue weighted by molar-refractivity contribution is 5.91.